The molecule has 0 heterocycles. The Kier molecular flexibility index (Phi) is 23.3. The summed E-state index contributed by atoms with van der Waals surface area (Å²) in [6, 6.07) is 0.362. The second kappa shape index (κ2) is 21.5. The highest BCUT2D eigenvalue weighted by Gasteiger charge is 2.31. The lowest BCUT2D eigenvalue weighted by Crippen LogP contribution is -2.41. The van der Waals surface area contributed by atoms with Crippen LogP contribution in [0.1, 0.15) is 157 Å². The van der Waals surface area contributed by atoms with Gasteiger partial charge in [0.2, 0.25) is 0 Å². The molecule has 2 unspecified atom stereocenters. The molecule has 0 aliphatic rings. The van der Waals surface area contributed by atoms with Crippen molar-refractivity contribution in [3.8, 4) is 0 Å². The molecule has 2 N–H and O–H groups in total. The van der Waals surface area contributed by atoms with E-state index in [1.54, 1.807) is 0 Å². The molecule has 0 aliphatic heterocycles. The molecule has 0 fully saturated rings. The summed E-state index contributed by atoms with van der Waals surface area (Å²) in [4.78, 5) is 0. The summed E-state index contributed by atoms with van der Waals surface area (Å²) < 4.78 is 0. The Morgan fingerprint density at radius 3 is 1.24 bits per heavy atom. The summed E-state index contributed by atoms with van der Waals surface area (Å²) in [7, 11) is 0. The average Bonchev–Trinajstić information content (AvgIpc) is 2.68. The number of unbranched alkanes of at least 4 members (excludes halogenated alkanes) is 15. The van der Waals surface area contributed by atoms with Gasteiger partial charge in [-0.2, -0.15) is 0 Å². The van der Waals surface area contributed by atoms with E-state index in [2.05, 4.69) is 34.6 Å². The Morgan fingerprint density at radius 2 is 0.862 bits per heavy atom. The quantitative estimate of drug-likeness (QED) is 0.180. The van der Waals surface area contributed by atoms with Crippen LogP contribution in [0.5, 0.6) is 0 Å². The van der Waals surface area contributed by atoms with Gasteiger partial charge in [0.25, 0.3) is 0 Å². The number of hydrogen-bond acceptors (Lipinski definition) is 1. The van der Waals surface area contributed by atoms with Gasteiger partial charge in [0.05, 0.1) is 0 Å². The number of nitrogens with two attached hydrogens (primary N) is 1. The van der Waals surface area contributed by atoms with E-state index in [9.17, 15) is 0 Å². The third-order valence-corrected chi connectivity index (χ3v) is 7.34. The van der Waals surface area contributed by atoms with Crippen molar-refractivity contribution in [2.75, 3.05) is 0 Å². The largest absolute Gasteiger partial charge is 0.327 e. The second-order valence-corrected chi connectivity index (χ2v) is 10.2. The first-order valence-corrected chi connectivity index (χ1v) is 13.2. The number of halogens is 1. The predicted molar refractivity (Wildman–Crippen MR) is 137 cm³/mol. The molecule has 1 nitrogen and oxygen atoms in total. The van der Waals surface area contributed by atoms with Gasteiger partial charge in [0.1, 0.15) is 0 Å². The molecule has 0 saturated heterocycles. The SMILES string of the molecule is CCCCCCCCCCCCCC(N)C(C)(C)C(C)CCCCCCCC.Cl. The first kappa shape index (κ1) is 31.4. The van der Waals surface area contributed by atoms with Gasteiger partial charge in [-0.05, 0) is 17.8 Å². The van der Waals surface area contributed by atoms with Crippen LogP contribution in [-0.2, 0) is 0 Å². The van der Waals surface area contributed by atoms with E-state index in [4.69, 9.17) is 5.73 Å². The first-order valence-electron chi connectivity index (χ1n) is 13.2. The highest BCUT2D eigenvalue weighted by atomic mass is 35.5. The van der Waals surface area contributed by atoms with Gasteiger partial charge >= 0.3 is 0 Å². The van der Waals surface area contributed by atoms with E-state index in [0.717, 1.165) is 5.92 Å². The lowest BCUT2D eigenvalue weighted by Gasteiger charge is -2.38. The topological polar surface area (TPSA) is 26.0 Å². The van der Waals surface area contributed by atoms with Crippen LogP contribution in [0.2, 0.25) is 0 Å². The lowest BCUT2D eigenvalue weighted by molar-refractivity contribution is 0.158. The lowest BCUT2D eigenvalue weighted by atomic mass is 9.71. The first-order chi connectivity index (χ1) is 13.5. The Morgan fingerprint density at radius 1 is 0.552 bits per heavy atom. The third kappa shape index (κ3) is 17.6. The standard InChI is InChI=1S/C27H57N.ClH/c1-6-8-10-12-14-15-16-17-18-20-22-24-26(28)27(4,5)25(3)23-21-19-13-11-9-7-2;/h25-26H,6-24,28H2,1-5H3;1H. The third-order valence-electron chi connectivity index (χ3n) is 7.34. The molecule has 0 aromatic heterocycles. The van der Waals surface area contributed by atoms with Gasteiger partial charge in [0, 0.05) is 6.04 Å². The summed E-state index contributed by atoms with van der Waals surface area (Å²) in [5.41, 5.74) is 6.92. The number of hydrogen-bond donors (Lipinski definition) is 1. The smallest absolute Gasteiger partial charge is 0.00928 e. The minimum Gasteiger partial charge on any atom is -0.327 e. The van der Waals surface area contributed by atoms with Crippen LogP contribution in [0, 0.1) is 11.3 Å². The molecule has 0 aromatic rings. The van der Waals surface area contributed by atoms with Gasteiger partial charge in [-0.1, -0.05) is 150 Å². The van der Waals surface area contributed by atoms with Crippen molar-refractivity contribution in [1.29, 1.82) is 0 Å². The minimum atomic E-state index is 0. The maximum absolute atomic E-state index is 6.64. The Labute approximate surface area is 192 Å². The van der Waals surface area contributed by atoms with Crippen LogP contribution in [0.25, 0.3) is 0 Å². The van der Waals surface area contributed by atoms with Crippen molar-refractivity contribution < 1.29 is 0 Å². The van der Waals surface area contributed by atoms with E-state index in [-0.39, 0.29) is 17.8 Å². The zero-order valence-electron chi connectivity index (χ0n) is 21.1. The summed E-state index contributed by atoms with van der Waals surface area (Å²) >= 11 is 0. The Hall–Kier alpha value is 0.250. The molecular weight excluding hydrogens is 374 g/mol. The second-order valence-electron chi connectivity index (χ2n) is 10.2. The van der Waals surface area contributed by atoms with Crippen LogP contribution < -0.4 is 5.73 Å². The van der Waals surface area contributed by atoms with Gasteiger partial charge < -0.3 is 5.73 Å². The fourth-order valence-corrected chi connectivity index (χ4v) is 4.37. The summed E-state index contributed by atoms with van der Waals surface area (Å²) in [5, 5.41) is 0. The predicted octanol–water partition coefficient (Wildman–Crippen LogP) is 9.85. The molecule has 2 heteroatoms. The minimum absolute atomic E-state index is 0. The van der Waals surface area contributed by atoms with E-state index in [0.29, 0.717) is 6.04 Å². The number of rotatable bonds is 21. The molecule has 0 aromatic carbocycles. The monoisotopic (exact) mass is 431 g/mol. The van der Waals surface area contributed by atoms with Crippen LogP contribution in [0.4, 0.5) is 0 Å². The van der Waals surface area contributed by atoms with Crippen molar-refractivity contribution in [1.82, 2.24) is 0 Å². The van der Waals surface area contributed by atoms with Gasteiger partial charge in [0.15, 0.2) is 0 Å². The summed E-state index contributed by atoms with van der Waals surface area (Å²) in [6.45, 7) is 11.9. The van der Waals surface area contributed by atoms with Crippen molar-refractivity contribution >= 4 is 12.4 Å². The highest BCUT2D eigenvalue weighted by molar-refractivity contribution is 5.85. The Balaban J connectivity index is 0. The van der Waals surface area contributed by atoms with E-state index < -0.39 is 0 Å². The van der Waals surface area contributed by atoms with Gasteiger partial charge in [-0.25, -0.2) is 0 Å². The van der Waals surface area contributed by atoms with Gasteiger partial charge in [-0.15, -0.1) is 12.4 Å². The zero-order chi connectivity index (χ0) is 21.1. The maximum Gasteiger partial charge on any atom is 0.00928 e. The van der Waals surface area contributed by atoms with Crippen molar-refractivity contribution in [3.05, 3.63) is 0 Å². The van der Waals surface area contributed by atoms with Crippen LogP contribution >= 0.6 is 12.4 Å². The Bertz CT molecular complexity index is 316. The normalized spacial score (nSPS) is 13.9. The molecule has 29 heavy (non-hydrogen) atoms. The fraction of sp³-hybridized carbons (Fsp3) is 1.00. The van der Waals surface area contributed by atoms with Crippen molar-refractivity contribution in [2.24, 2.45) is 17.1 Å². The molecule has 0 rings (SSSR count). The highest BCUT2D eigenvalue weighted by Crippen LogP contribution is 2.35. The van der Waals surface area contributed by atoms with Crippen molar-refractivity contribution in [2.45, 2.75) is 163 Å². The molecule has 178 valence electrons. The molecule has 2 atom stereocenters. The summed E-state index contributed by atoms with van der Waals surface area (Å²) in [5.74, 6) is 0.737. The molecule has 0 aliphatic carbocycles. The molecular formula is C27H58ClN. The molecule has 0 spiro atoms. The van der Waals surface area contributed by atoms with E-state index >= 15 is 0 Å². The van der Waals surface area contributed by atoms with Crippen LogP contribution in [0.15, 0.2) is 0 Å². The van der Waals surface area contributed by atoms with Crippen LogP contribution in [0.3, 0.4) is 0 Å². The summed E-state index contributed by atoms with van der Waals surface area (Å²) in [6.07, 6.45) is 26.5. The fourth-order valence-electron chi connectivity index (χ4n) is 4.37. The van der Waals surface area contributed by atoms with Crippen molar-refractivity contribution in [3.63, 3.8) is 0 Å². The van der Waals surface area contributed by atoms with Crippen LogP contribution in [-0.4, -0.2) is 6.04 Å². The molecule has 0 bridgehead atoms. The molecule has 0 saturated carbocycles. The van der Waals surface area contributed by atoms with E-state index in [1.165, 1.54) is 122 Å². The van der Waals surface area contributed by atoms with Gasteiger partial charge in [-0.3, -0.25) is 0 Å². The maximum atomic E-state index is 6.64. The average molecular weight is 432 g/mol. The molecule has 0 radical (unpaired) electrons. The van der Waals surface area contributed by atoms with E-state index in [1.807, 2.05) is 0 Å². The zero-order valence-corrected chi connectivity index (χ0v) is 21.9. The molecule has 0 amide bonds.